The van der Waals surface area contributed by atoms with E-state index in [1.165, 1.54) is 20.8 Å². The molecule has 0 aromatic carbocycles. The minimum absolute atomic E-state index is 0.771. The summed E-state index contributed by atoms with van der Waals surface area (Å²) in [6.45, 7) is 5.30. The topological polar surface area (TPSA) is 75.6 Å². The Morgan fingerprint density at radius 3 is 1.89 bits per heavy atom. The quantitative estimate of drug-likeness (QED) is 0.825. The van der Waals surface area contributed by atoms with Crippen molar-refractivity contribution in [1.29, 1.82) is 0 Å². The number of carboxylic acid groups (broad SMARTS) is 1. The lowest BCUT2D eigenvalue weighted by atomic mass is 9.98. The number of halogens is 3. The monoisotopic (exact) mass is 271 g/mol. The number of alkyl halides is 3. The van der Waals surface area contributed by atoms with E-state index in [1.54, 1.807) is 5.32 Å². The maximum Gasteiger partial charge on any atom is 0.408 e. The van der Waals surface area contributed by atoms with Crippen molar-refractivity contribution in [3.8, 4) is 0 Å². The van der Waals surface area contributed by atoms with E-state index in [4.69, 9.17) is 9.84 Å². The largest absolute Gasteiger partial charge is 0.480 e. The summed E-state index contributed by atoms with van der Waals surface area (Å²) < 4.78 is 41.4. The van der Waals surface area contributed by atoms with Gasteiger partial charge in [-0.15, -0.1) is 0 Å². The number of carbonyl (C=O) groups excluding carboxylic acids is 1. The van der Waals surface area contributed by atoms with Crippen molar-refractivity contribution in [3.05, 3.63) is 0 Å². The zero-order valence-corrected chi connectivity index (χ0v) is 10.5. The number of amides is 1. The van der Waals surface area contributed by atoms with Gasteiger partial charge in [0.25, 0.3) is 0 Å². The van der Waals surface area contributed by atoms with Crippen LogP contribution in [0, 0.1) is 0 Å². The number of carboxylic acids is 1. The number of carbonyl (C=O) groups is 2. The van der Waals surface area contributed by atoms with E-state index in [9.17, 15) is 22.8 Å². The highest BCUT2D eigenvalue weighted by atomic mass is 19.4. The van der Waals surface area contributed by atoms with Crippen LogP contribution in [0.1, 0.15) is 34.1 Å². The number of alkyl carbamates (subject to hydrolysis) is 1. The van der Waals surface area contributed by atoms with Gasteiger partial charge in [-0.2, -0.15) is 13.2 Å². The molecule has 0 rings (SSSR count). The Hall–Kier alpha value is -1.47. The number of hydrogen-bond donors (Lipinski definition) is 2. The molecule has 0 saturated carbocycles. The molecule has 18 heavy (non-hydrogen) atoms. The Labute approximate surface area is 102 Å². The molecule has 0 bridgehead atoms. The van der Waals surface area contributed by atoms with E-state index in [-0.39, 0.29) is 0 Å². The van der Waals surface area contributed by atoms with Gasteiger partial charge in [-0.3, -0.25) is 0 Å². The van der Waals surface area contributed by atoms with Crippen LogP contribution in [0.15, 0.2) is 0 Å². The number of nitrogens with one attached hydrogen (secondary N) is 1. The Kier molecular flexibility index (Phi) is 4.62. The molecule has 0 aromatic rings. The first-order chi connectivity index (χ1) is 7.75. The summed E-state index contributed by atoms with van der Waals surface area (Å²) >= 11 is 0. The van der Waals surface area contributed by atoms with E-state index in [1.807, 2.05) is 0 Å². The number of aliphatic carboxylic acids is 1. The van der Waals surface area contributed by atoms with Gasteiger partial charge in [0.05, 0.1) is 6.42 Å². The van der Waals surface area contributed by atoms with Crippen molar-refractivity contribution in [2.45, 2.75) is 51.4 Å². The first kappa shape index (κ1) is 16.5. The van der Waals surface area contributed by atoms with Crippen LogP contribution in [0.4, 0.5) is 18.0 Å². The van der Waals surface area contributed by atoms with E-state index in [0.717, 1.165) is 6.92 Å². The molecule has 1 atom stereocenters. The summed E-state index contributed by atoms with van der Waals surface area (Å²) in [7, 11) is 0. The van der Waals surface area contributed by atoms with Gasteiger partial charge in [-0.25, -0.2) is 9.59 Å². The lowest BCUT2D eigenvalue weighted by Crippen LogP contribution is -2.55. The number of hydrogen-bond acceptors (Lipinski definition) is 3. The molecule has 0 radical (unpaired) electrons. The minimum Gasteiger partial charge on any atom is -0.480 e. The summed E-state index contributed by atoms with van der Waals surface area (Å²) in [5.74, 6) is -1.79. The number of ether oxygens (including phenoxy) is 1. The van der Waals surface area contributed by atoms with Crippen molar-refractivity contribution in [2.75, 3.05) is 0 Å². The molecule has 1 amide bonds. The summed E-state index contributed by atoms with van der Waals surface area (Å²) in [5.41, 5.74) is -3.39. The smallest absolute Gasteiger partial charge is 0.408 e. The second-order valence-electron chi connectivity index (χ2n) is 5.06. The van der Waals surface area contributed by atoms with Gasteiger partial charge in [0.1, 0.15) is 11.1 Å². The van der Waals surface area contributed by atoms with Gasteiger partial charge in [0.15, 0.2) is 0 Å². The van der Waals surface area contributed by atoms with Gasteiger partial charge in [0.2, 0.25) is 0 Å². The summed E-state index contributed by atoms with van der Waals surface area (Å²) in [6.07, 6.45) is -7.62. The predicted octanol–water partition coefficient (Wildman–Crippen LogP) is 2.31. The van der Waals surface area contributed by atoms with Crippen LogP contribution in [-0.4, -0.2) is 34.5 Å². The average Bonchev–Trinajstić information content (AvgIpc) is 1.94. The van der Waals surface area contributed by atoms with Crippen LogP contribution in [0.25, 0.3) is 0 Å². The van der Waals surface area contributed by atoms with Crippen LogP contribution in [-0.2, 0) is 9.53 Å². The molecule has 0 spiro atoms. The van der Waals surface area contributed by atoms with Gasteiger partial charge >= 0.3 is 18.2 Å². The molecule has 0 saturated heterocycles. The van der Waals surface area contributed by atoms with Crippen LogP contribution >= 0.6 is 0 Å². The van der Waals surface area contributed by atoms with Crippen molar-refractivity contribution in [3.63, 3.8) is 0 Å². The third-order valence-electron chi connectivity index (χ3n) is 1.80. The second-order valence-corrected chi connectivity index (χ2v) is 5.06. The molecule has 2 N–H and O–H groups in total. The fourth-order valence-electron chi connectivity index (χ4n) is 1.10. The molecule has 1 unspecified atom stereocenters. The molecule has 0 aliphatic rings. The summed E-state index contributed by atoms with van der Waals surface area (Å²) in [4.78, 5) is 22.1. The fraction of sp³-hybridized carbons (Fsp3) is 0.800. The van der Waals surface area contributed by atoms with Crippen LogP contribution in [0.5, 0.6) is 0 Å². The molecule has 8 heteroatoms. The molecule has 5 nitrogen and oxygen atoms in total. The lowest BCUT2D eigenvalue weighted by molar-refractivity contribution is -0.168. The van der Waals surface area contributed by atoms with Gasteiger partial charge in [-0.1, -0.05) is 0 Å². The highest BCUT2D eigenvalue weighted by Gasteiger charge is 2.46. The third kappa shape index (κ3) is 6.31. The molecule has 0 aromatic heterocycles. The van der Waals surface area contributed by atoms with Crippen LogP contribution < -0.4 is 5.32 Å². The summed E-state index contributed by atoms with van der Waals surface area (Å²) in [5, 5.41) is 10.5. The molecule has 0 heterocycles. The van der Waals surface area contributed by atoms with Gasteiger partial charge in [-0.05, 0) is 27.7 Å². The average molecular weight is 271 g/mol. The highest BCUT2D eigenvalue weighted by Crippen LogP contribution is 2.28. The predicted molar refractivity (Wildman–Crippen MR) is 56.1 cm³/mol. The maximum absolute atomic E-state index is 12.2. The summed E-state index contributed by atoms with van der Waals surface area (Å²) in [6, 6.07) is 0. The van der Waals surface area contributed by atoms with Gasteiger partial charge < -0.3 is 15.2 Å². The normalized spacial score (nSPS) is 15.7. The minimum atomic E-state index is -4.72. The van der Waals surface area contributed by atoms with E-state index >= 15 is 0 Å². The molecule has 0 fully saturated rings. The number of rotatable bonds is 3. The Morgan fingerprint density at radius 1 is 1.17 bits per heavy atom. The van der Waals surface area contributed by atoms with Crippen molar-refractivity contribution >= 4 is 12.1 Å². The molecule has 0 aliphatic heterocycles. The Balaban J connectivity index is 4.84. The van der Waals surface area contributed by atoms with Crippen molar-refractivity contribution < 1.29 is 32.6 Å². The Morgan fingerprint density at radius 2 is 1.61 bits per heavy atom. The van der Waals surface area contributed by atoms with E-state index in [2.05, 4.69) is 0 Å². The van der Waals surface area contributed by atoms with Crippen molar-refractivity contribution in [2.24, 2.45) is 0 Å². The first-order valence-electron chi connectivity index (χ1n) is 5.06. The standard InChI is InChI=1S/C10H16F3NO4/c1-8(2,3)18-7(17)14-9(4,6(15)16)5-10(11,12)13/h5H2,1-4H3,(H,14,17)(H,15,16). The second kappa shape index (κ2) is 5.03. The zero-order valence-electron chi connectivity index (χ0n) is 10.5. The highest BCUT2D eigenvalue weighted by molar-refractivity contribution is 5.84. The zero-order chi connectivity index (χ0) is 14.8. The Bertz CT molecular complexity index is 335. The van der Waals surface area contributed by atoms with E-state index in [0.29, 0.717) is 0 Å². The lowest BCUT2D eigenvalue weighted by Gasteiger charge is -2.29. The third-order valence-corrected chi connectivity index (χ3v) is 1.80. The van der Waals surface area contributed by atoms with Crippen LogP contribution in [0.2, 0.25) is 0 Å². The SMILES string of the molecule is CC(C)(C)OC(=O)NC(C)(CC(F)(F)F)C(=O)O. The fourth-order valence-corrected chi connectivity index (χ4v) is 1.10. The van der Waals surface area contributed by atoms with E-state index < -0.39 is 35.8 Å². The molecule has 106 valence electrons. The molecular weight excluding hydrogens is 255 g/mol. The van der Waals surface area contributed by atoms with Crippen molar-refractivity contribution in [1.82, 2.24) is 5.32 Å². The molecule has 0 aliphatic carbocycles. The first-order valence-corrected chi connectivity index (χ1v) is 5.06. The molecular formula is C10H16F3NO4. The van der Waals surface area contributed by atoms with Gasteiger partial charge in [0, 0.05) is 0 Å². The maximum atomic E-state index is 12.2. The van der Waals surface area contributed by atoms with Crippen LogP contribution in [0.3, 0.4) is 0 Å².